The SMILES string of the molecule is COC(=O)c1ccc(-c2cccc(Br)c2)c(Cl)c1.O=S(=O)(Cl)c1ccc(F)cc1.PPP(P)P. The summed E-state index contributed by atoms with van der Waals surface area (Å²) in [7, 11) is 11.8. The molecule has 0 fully saturated rings. The van der Waals surface area contributed by atoms with E-state index >= 15 is 0 Å². The molecule has 4 unspecified atom stereocenters. The van der Waals surface area contributed by atoms with Gasteiger partial charge < -0.3 is 4.74 Å². The van der Waals surface area contributed by atoms with Crippen LogP contribution in [0.25, 0.3) is 11.1 Å². The molecule has 0 heterocycles. The second-order valence-electron chi connectivity index (χ2n) is 6.12. The smallest absolute Gasteiger partial charge is 0.337 e. The molecular formula is C20H21BrCl2FO4P5S. The number of esters is 1. The van der Waals surface area contributed by atoms with Gasteiger partial charge in [0.2, 0.25) is 0 Å². The van der Waals surface area contributed by atoms with Gasteiger partial charge in [-0.25, -0.2) is 17.6 Å². The summed E-state index contributed by atoms with van der Waals surface area (Å²) in [5.41, 5.74) is 2.32. The summed E-state index contributed by atoms with van der Waals surface area (Å²) in [5, 5.41) is 0.524. The third-order valence-electron chi connectivity index (χ3n) is 3.77. The third-order valence-corrected chi connectivity index (χ3v) is 17.9. The van der Waals surface area contributed by atoms with Gasteiger partial charge in [0.1, 0.15) is 5.82 Å². The van der Waals surface area contributed by atoms with Crippen molar-refractivity contribution in [2.75, 3.05) is 7.11 Å². The van der Waals surface area contributed by atoms with Crippen LogP contribution in [-0.4, -0.2) is 21.5 Å². The fraction of sp³-hybridized carbons (Fsp3) is 0.0500. The Hall–Kier alpha value is 0.220. The van der Waals surface area contributed by atoms with Crippen molar-refractivity contribution in [1.29, 1.82) is 0 Å². The zero-order valence-electron chi connectivity index (χ0n) is 17.6. The Balaban J connectivity index is 0.000000307. The van der Waals surface area contributed by atoms with E-state index in [1.165, 1.54) is 7.11 Å². The molecule has 14 heteroatoms. The Morgan fingerprint density at radius 3 is 2.12 bits per heavy atom. The number of hydrogen-bond donors (Lipinski definition) is 0. The lowest BCUT2D eigenvalue weighted by Crippen LogP contribution is -2.00. The van der Waals surface area contributed by atoms with E-state index in [1.54, 1.807) is 12.1 Å². The summed E-state index contributed by atoms with van der Waals surface area (Å²) in [6, 6.07) is 17.2. The van der Waals surface area contributed by atoms with Crippen LogP contribution in [0.15, 0.2) is 76.1 Å². The van der Waals surface area contributed by atoms with Crippen LogP contribution in [0.2, 0.25) is 5.02 Å². The van der Waals surface area contributed by atoms with Crippen LogP contribution in [0.1, 0.15) is 10.4 Å². The van der Waals surface area contributed by atoms with Gasteiger partial charge in [-0.15, -0.1) is 26.8 Å². The monoisotopic (exact) mass is 680 g/mol. The summed E-state index contributed by atoms with van der Waals surface area (Å²) >= 11 is 9.61. The molecule has 4 nitrogen and oxygen atoms in total. The number of ether oxygens (including phenoxy) is 1. The number of carbonyl (C=O) groups excluding carboxylic acids is 1. The van der Waals surface area contributed by atoms with Crippen LogP contribution < -0.4 is 0 Å². The Bertz CT molecular complexity index is 1200. The van der Waals surface area contributed by atoms with Crippen molar-refractivity contribution in [3.63, 3.8) is 0 Å². The largest absolute Gasteiger partial charge is 0.465 e. The van der Waals surface area contributed by atoms with Crippen molar-refractivity contribution in [3.05, 3.63) is 87.6 Å². The molecule has 3 aromatic rings. The molecule has 0 N–H and O–H groups in total. The Morgan fingerprint density at radius 1 is 1.09 bits per heavy atom. The van der Waals surface area contributed by atoms with Gasteiger partial charge in [-0.3, -0.25) is 0 Å². The van der Waals surface area contributed by atoms with E-state index in [4.69, 9.17) is 22.3 Å². The first-order valence-electron chi connectivity index (χ1n) is 8.98. The molecule has 0 aromatic heterocycles. The van der Waals surface area contributed by atoms with Gasteiger partial charge in [0, 0.05) is 25.7 Å². The van der Waals surface area contributed by atoms with E-state index in [-0.39, 0.29) is 11.9 Å². The summed E-state index contributed by atoms with van der Waals surface area (Å²) in [5.74, 6) is -0.883. The van der Waals surface area contributed by atoms with E-state index in [0.29, 0.717) is 10.6 Å². The molecule has 3 aromatic carbocycles. The summed E-state index contributed by atoms with van der Waals surface area (Å²) in [6.45, 7) is 0.226. The molecule has 0 aliphatic rings. The van der Waals surface area contributed by atoms with Gasteiger partial charge in [-0.1, -0.05) is 53.7 Å². The summed E-state index contributed by atoms with van der Waals surface area (Å²) in [6.07, 6.45) is 0. The Kier molecular flexibility index (Phi) is 15.3. The van der Waals surface area contributed by atoms with Crippen LogP contribution in [0.4, 0.5) is 4.39 Å². The minimum Gasteiger partial charge on any atom is -0.465 e. The average Bonchev–Trinajstić information content (AvgIpc) is 2.79. The van der Waals surface area contributed by atoms with Gasteiger partial charge in [0.25, 0.3) is 9.05 Å². The molecule has 184 valence electrons. The van der Waals surface area contributed by atoms with E-state index in [0.717, 1.165) is 47.8 Å². The molecule has 4 atom stereocenters. The van der Waals surface area contributed by atoms with Gasteiger partial charge in [-0.2, -0.15) is 0 Å². The lowest BCUT2D eigenvalue weighted by molar-refractivity contribution is 0.0600. The molecule has 0 aliphatic carbocycles. The lowest BCUT2D eigenvalue weighted by Gasteiger charge is -2.07. The third kappa shape index (κ3) is 12.0. The molecule has 0 radical (unpaired) electrons. The van der Waals surface area contributed by atoms with E-state index < -0.39 is 20.8 Å². The first kappa shape index (κ1) is 32.2. The van der Waals surface area contributed by atoms with Crippen LogP contribution in [0.3, 0.4) is 0 Å². The van der Waals surface area contributed by atoms with Crippen molar-refractivity contribution < 1.29 is 22.3 Å². The first-order chi connectivity index (χ1) is 15.9. The van der Waals surface area contributed by atoms with Crippen LogP contribution >= 0.6 is 79.9 Å². The highest BCUT2D eigenvalue weighted by Crippen LogP contribution is 2.71. The second kappa shape index (κ2) is 16.1. The molecule has 0 aliphatic heterocycles. The maximum absolute atomic E-state index is 12.2. The van der Waals surface area contributed by atoms with Crippen molar-refractivity contribution in [1.82, 2.24) is 0 Å². The molecule has 0 spiro atoms. The predicted octanol–water partition coefficient (Wildman–Crippen LogP) is 8.74. The normalized spacial score (nSPS) is 10.9. The van der Waals surface area contributed by atoms with Crippen molar-refractivity contribution >= 4 is 95.0 Å². The molecule has 0 saturated carbocycles. The quantitative estimate of drug-likeness (QED) is 0.157. The van der Waals surface area contributed by atoms with E-state index in [9.17, 15) is 17.6 Å². The Morgan fingerprint density at radius 2 is 1.68 bits per heavy atom. The number of hydrogen-bond acceptors (Lipinski definition) is 4. The van der Waals surface area contributed by atoms with Crippen LogP contribution in [0.5, 0.6) is 0 Å². The average molecular weight is 682 g/mol. The number of halogens is 4. The first-order valence-corrected chi connectivity index (χ1v) is 20.7. The van der Waals surface area contributed by atoms with Crippen LogP contribution in [-0.2, 0) is 13.8 Å². The van der Waals surface area contributed by atoms with E-state index in [2.05, 4.69) is 47.5 Å². The molecule has 0 amide bonds. The maximum atomic E-state index is 12.2. The van der Waals surface area contributed by atoms with E-state index in [1.807, 2.05) is 30.3 Å². The highest BCUT2D eigenvalue weighted by molar-refractivity contribution is 9.10. The fourth-order valence-corrected chi connectivity index (χ4v) is 3.71. The predicted molar refractivity (Wildman–Crippen MR) is 160 cm³/mol. The zero-order chi connectivity index (χ0) is 25.9. The number of carbonyl (C=O) groups is 1. The second-order valence-corrected chi connectivity index (χ2v) is 24.0. The number of methoxy groups -OCH3 is 1. The van der Waals surface area contributed by atoms with Crippen molar-refractivity contribution in [3.8, 4) is 11.1 Å². The summed E-state index contributed by atoms with van der Waals surface area (Å²) in [4.78, 5) is 11.3. The highest BCUT2D eigenvalue weighted by atomic mass is 79.9. The minimum absolute atomic E-state index is 0.0967. The van der Waals surface area contributed by atoms with Gasteiger partial charge in [0.05, 0.1) is 17.6 Å². The van der Waals surface area contributed by atoms with Gasteiger partial charge >= 0.3 is 5.97 Å². The topological polar surface area (TPSA) is 60.4 Å². The molecule has 0 saturated heterocycles. The highest BCUT2D eigenvalue weighted by Gasteiger charge is 2.10. The zero-order valence-corrected chi connectivity index (χ0v) is 26.9. The standard InChI is InChI=1S/C14H10BrClO2.C6H4ClFO2S.H7P5/c1-18-14(17)10-5-6-12(13(16)8-10)9-3-2-4-11(15)7-9;7-11(9,10)6-3-1-5(8)2-4-6;1-4-5(2)3/h2-8H,1H3;1-4H;4H,1-3H2. The minimum atomic E-state index is -3.71. The number of rotatable bonds is 4. The van der Waals surface area contributed by atoms with Crippen LogP contribution in [0, 0.1) is 5.82 Å². The molecule has 34 heavy (non-hydrogen) atoms. The number of benzene rings is 3. The molecule has 0 bridgehead atoms. The molecular weight excluding hydrogens is 661 g/mol. The van der Waals surface area contributed by atoms with Gasteiger partial charge in [0.15, 0.2) is 0 Å². The van der Waals surface area contributed by atoms with Crippen molar-refractivity contribution in [2.24, 2.45) is 0 Å². The van der Waals surface area contributed by atoms with Crippen molar-refractivity contribution in [2.45, 2.75) is 4.90 Å². The lowest BCUT2D eigenvalue weighted by atomic mass is 10.0. The summed E-state index contributed by atoms with van der Waals surface area (Å²) < 4.78 is 39.0. The van der Waals surface area contributed by atoms with Gasteiger partial charge in [-0.05, 0) is 61.1 Å². The Labute approximate surface area is 226 Å². The fourth-order valence-electron chi connectivity index (χ4n) is 2.25. The maximum Gasteiger partial charge on any atom is 0.337 e. The molecule has 3 rings (SSSR count).